The third kappa shape index (κ3) is 3.16. The summed E-state index contributed by atoms with van der Waals surface area (Å²) in [5.74, 6) is 0.864. The molecule has 2 rings (SSSR count). The van der Waals surface area contributed by atoms with Crippen LogP contribution in [0.15, 0.2) is 18.2 Å². The number of ether oxygens (including phenoxy) is 1. The molecule has 1 aliphatic heterocycles. The van der Waals surface area contributed by atoms with Crippen LogP contribution in [0.1, 0.15) is 27.2 Å². The second kappa shape index (κ2) is 5.07. The van der Waals surface area contributed by atoms with E-state index in [1.807, 2.05) is 23.1 Å². The Morgan fingerprint density at radius 1 is 1.39 bits per heavy atom. The van der Waals surface area contributed by atoms with Gasteiger partial charge in [0, 0.05) is 10.1 Å². The molecular formula is C14H18INO2. The number of hydrogen-bond donors (Lipinski definition) is 0. The van der Waals surface area contributed by atoms with Gasteiger partial charge in [-0.05, 0) is 52.6 Å². The minimum absolute atomic E-state index is 0.0490. The van der Waals surface area contributed by atoms with Crippen molar-refractivity contribution < 1.29 is 9.53 Å². The lowest BCUT2D eigenvalue weighted by atomic mass is 9.92. The number of rotatable bonds is 2. The monoisotopic (exact) mass is 359 g/mol. The summed E-state index contributed by atoms with van der Waals surface area (Å²) in [6.07, 6.45) is 0.976. The second-order valence-electron chi connectivity index (χ2n) is 5.76. The van der Waals surface area contributed by atoms with Gasteiger partial charge >= 0.3 is 0 Å². The number of halogens is 1. The van der Waals surface area contributed by atoms with E-state index < -0.39 is 0 Å². The number of carbonyl (C=O) groups excluding carboxylic acids is 1. The van der Waals surface area contributed by atoms with Gasteiger partial charge in [-0.15, -0.1) is 0 Å². The van der Waals surface area contributed by atoms with Gasteiger partial charge in [-0.2, -0.15) is 0 Å². The molecule has 1 aromatic rings. The van der Waals surface area contributed by atoms with Crippen LogP contribution in [0.25, 0.3) is 0 Å². The lowest BCUT2D eigenvalue weighted by molar-refractivity contribution is -0.121. The number of carbonyl (C=O) groups is 1. The summed E-state index contributed by atoms with van der Waals surface area (Å²) in [5.41, 5.74) is 1.12. The molecule has 0 saturated heterocycles. The summed E-state index contributed by atoms with van der Waals surface area (Å²) in [4.78, 5) is 13.8. The summed E-state index contributed by atoms with van der Waals surface area (Å²) in [5, 5.41) is 0. The van der Waals surface area contributed by atoms with Crippen molar-refractivity contribution >= 4 is 34.2 Å². The summed E-state index contributed by atoms with van der Waals surface area (Å²) < 4.78 is 6.60. The van der Waals surface area contributed by atoms with E-state index in [-0.39, 0.29) is 17.9 Å². The molecule has 98 valence electrons. The zero-order chi connectivity index (χ0) is 13.3. The molecule has 0 N–H and O–H groups in total. The third-order valence-corrected chi connectivity index (χ3v) is 3.62. The van der Waals surface area contributed by atoms with Crippen LogP contribution in [-0.4, -0.2) is 19.1 Å². The van der Waals surface area contributed by atoms with Crippen molar-refractivity contribution in [3.05, 3.63) is 21.8 Å². The third-order valence-electron chi connectivity index (χ3n) is 2.95. The van der Waals surface area contributed by atoms with Gasteiger partial charge in [0.1, 0.15) is 5.75 Å². The molecule has 0 saturated carbocycles. The van der Waals surface area contributed by atoms with Crippen molar-refractivity contribution in [3.63, 3.8) is 0 Å². The topological polar surface area (TPSA) is 29.5 Å². The predicted octanol–water partition coefficient (Wildman–Crippen LogP) is 3.45. The standard InChI is InChI=1S/C14H18INO2/c1-14(2,3)6-7-16-11-5-4-10(15)8-12(11)18-9-13(16)17/h4-5,8H,6-7,9H2,1-3H3. The smallest absolute Gasteiger partial charge is 0.265 e. The molecule has 4 heteroatoms. The van der Waals surface area contributed by atoms with Gasteiger partial charge < -0.3 is 9.64 Å². The zero-order valence-electron chi connectivity index (χ0n) is 11.0. The van der Waals surface area contributed by atoms with E-state index in [1.165, 1.54) is 0 Å². The van der Waals surface area contributed by atoms with Gasteiger partial charge in [-0.1, -0.05) is 20.8 Å². The molecule has 0 radical (unpaired) electrons. The van der Waals surface area contributed by atoms with E-state index in [4.69, 9.17) is 4.74 Å². The quantitative estimate of drug-likeness (QED) is 0.757. The van der Waals surface area contributed by atoms with Crippen LogP contribution in [0.2, 0.25) is 0 Å². The van der Waals surface area contributed by atoms with Crippen LogP contribution in [-0.2, 0) is 4.79 Å². The molecule has 0 bridgehead atoms. The lowest BCUT2D eigenvalue weighted by Gasteiger charge is -2.31. The number of amides is 1. The maximum atomic E-state index is 12.0. The van der Waals surface area contributed by atoms with Crippen LogP contribution in [0.3, 0.4) is 0 Å². The largest absolute Gasteiger partial charge is 0.482 e. The van der Waals surface area contributed by atoms with Crippen LogP contribution in [0.4, 0.5) is 5.69 Å². The first-order valence-electron chi connectivity index (χ1n) is 6.09. The molecule has 0 aliphatic carbocycles. The molecule has 1 heterocycles. The fourth-order valence-corrected chi connectivity index (χ4v) is 2.33. The van der Waals surface area contributed by atoms with Crippen LogP contribution in [0.5, 0.6) is 5.75 Å². The Kier molecular flexibility index (Phi) is 3.84. The average molecular weight is 359 g/mol. The molecule has 1 aromatic carbocycles. The van der Waals surface area contributed by atoms with Crippen molar-refractivity contribution in [2.45, 2.75) is 27.2 Å². The average Bonchev–Trinajstić information content (AvgIpc) is 2.26. The minimum Gasteiger partial charge on any atom is -0.482 e. The molecule has 0 aromatic heterocycles. The maximum absolute atomic E-state index is 12.0. The zero-order valence-corrected chi connectivity index (χ0v) is 13.2. The van der Waals surface area contributed by atoms with Gasteiger partial charge in [0.2, 0.25) is 0 Å². The number of benzene rings is 1. The van der Waals surface area contributed by atoms with Crippen molar-refractivity contribution in [3.8, 4) is 5.75 Å². The molecule has 0 unspecified atom stereocenters. The Bertz CT molecular complexity index is 465. The van der Waals surface area contributed by atoms with Crippen molar-refractivity contribution in [2.75, 3.05) is 18.1 Å². The first-order chi connectivity index (χ1) is 8.37. The highest BCUT2D eigenvalue weighted by molar-refractivity contribution is 14.1. The SMILES string of the molecule is CC(C)(C)CCN1C(=O)COc2cc(I)ccc21. The van der Waals surface area contributed by atoms with Crippen LogP contribution < -0.4 is 9.64 Å². The molecular weight excluding hydrogens is 341 g/mol. The summed E-state index contributed by atoms with van der Waals surface area (Å²) >= 11 is 2.25. The Labute approximate surface area is 122 Å². The van der Waals surface area contributed by atoms with E-state index in [0.717, 1.165) is 28.0 Å². The van der Waals surface area contributed by atoms with Crippen molar-refractivity contribution in [2.24, 2.45) is 5.41 Å². The molecule has 18 heavy (non-hydrogen) atoms. The van der Waals surface area contributed by atoms with Gasteiger partial charge in [0.15, 0.2) is 6.61 Å². The Balaban J connectivity index is 2.23. The van der Waals surface area contributed by atoms with Gasteiger partial charge in [0.05, 0.1) is 5.69 Å². The molecule has 3 nitrogen and oxygen atoms in total. The minimum atomic E-state index is 0.0490. The normalized spacial score (nSPS) is 15.3. The van der Waals surface area contributed by atoms with Crippen LogP contribution in [0, 0.1) is 8.99 Å². The van der Waals surface area contributed by atoms with Gasteiger partial charge in [0.25, 0.3) is 5.91 Å². The fraction of sp³-hybridized carbons (Fsp3) is 0.500. The maximum Gasteiger partial charge on any atom is 0.265 e. The summed E-state index contributed by atoms with van der Waals surface area (Å²) in [6.45, 7) is 7.46. The Morgan fingerprint density at radius 3 is 2.78 bits per heavy atom. The summed E-state index contributed by atoms with van der Waals surface area (Å²) in [6, 6.07) is 5.95. The first-order valence-corrected chi connectivity index (χ1v) is 7.17. The number of anilines is 1. The van der Waals surface area contributed by atoms with Gasteiger partial charge in [-0.25, -0.2) is 0 Å². The lowest BCUT2D eigenvalue weighted by Crippen LogP contribution is -2.40. The number of nitrogens with zero attached hydrogens (tertiary/aromatic N) is 1. The Morgan fingerprint density at radius 2 is 2.11 bits per heavy atom. The molecule has 0 spiro atoms. The van der Waals surface area contributed by atoms with E-state index in [2.05, 4.69) is 43.4 Å². The van der Waals surface area contributed by atoms with E-state index in [9.17, 15) is 4.79 Å². The second-order valence-corrected chi connectivity index (χ2v) is 7.00. The highest BCUT2D eigenvalue weighted by Gasteiger charge is 2.26. The molecule has 0 fully saturated rings. The molecule has 0 atom stereocenters. The van der Waals surface area contributed by atoms with Crippen molar-refractivity contribution in [1.82, 2.24) is 0 Å². The Hall–Kier alpha value is -0.780. The van der Waals surface area contributed by atoms with Crippen LogP contribution >= 0.6 is 22.6 Å². The van der Waals surface area contributed by atoms with Gasteiger partial charge in [-0.3, -0.25) is 4.79 Å². The van der Waals surface area contributed by atoms with E-state index >= 15 is 0 Å². The van der Waals surface area contributed by atoms with Crippen molar-refractivity contribution in [1.29, 1.82) is 0 Å². The predicted molar refractivity (Wildman–Crippen MR) is 81.1 cm³/mol. The first kappa shape index (κ1) is 13.6. The molecule has 1 amide bonds. The van der Waals surface area contributed by atoms with E-state index in [1.54, 1.807) is 0 Å². The highest BCUT2D eigenvalue weighted by atomic mass is 127. The summed E-state index contributed by atoms with van der Waals surface area (Å²) in [7, 11) is 0. The highest BCUT2D eigenvalue weighted by Crippen LogP contribution is 2.34. The molecule has 1 aliphatic rings. The number of hydrogen-bond acceptors (Lipinski definition) is 2. The fourth-order valence-electron chi connectivity index (χ4n) is 1.87. The van der Waals surface area contributed by atoms with E-state index in [0.29, 0.717) is 0 Å². The number of fused-ring (bicyclic) bond motifs is 1.